The Morgan fingerprint density at radius 2 is 1.83 bits per heavy atom. The van der Waals surface area contributed by atoms with Gasteiger partial charge >= 0.3 is 5.97 Å². The topological polar surface area (TPSA) is 93.5 Å². The van der Waals surface area contributed by atoms with E-state index in [2.05, 4.69) is 10.4 Å². The Kier molecular flexibility index (Phi) is 6.73. The second kappa shape index (κ2) is 9.74. The van der Waals surface area contributed by atoms with Gasteiger partial charge in [-0.15, -0.1) is 0 Å². The second-order valence-corrected chi connectivity index (χ2v) is 8.86. The normalized spacial score (nSPS) is 17.1. The number of fused-ring (bicyclic) bond motifs is 1. The van der Waals surface area contributed by atoms with Gasteiger partial charge in [-0.2, -0.15) is 5.10 Å². The van der Waals surface area contributed by atoms with E-state index in [4.69, 9.17) is 4.74 Å². The molecule has 0 fully saturated rings. The van der Waals surface area contributed by atoms with E-state index in [0.717, 1.165) is 16.7 Å². The molecule has 0 saturated carbocycles. The summed E-state index contributed by atoms with van der Waals surface area (Å²) in [6.07, 6.45) is 0.689. The smallest absolute Gasteiger partial charge is 0.358 e. The molecule has 1 atom stereocenters. The number of benzene rings is 2. The van der Waals surface area contributed by atoms with Crippen molar-refractivity contribution in [2.45, 2.75) is 52.7 Å². The standard InChI is InChI=1S/C27H30N4O4/c1-5-20-9-7-8-10-22(20)31-24(32)23-15-21(25(33)35-6-2)29-30(23)17-27(31,4)26(34)28-16-19-13-11-18(3)12-14-19/h7-15H,5-6,16-17H2,1-4H3,(H,28,34)/t27-/m0/s1. The molecule has 0 spiro atoms. The highest BCUT2D eigenvalue weighted by Gasteiger charge is 2.49. The number of hydrogen-bond donors (Lipinski definition) is 1. The molecule has 1 aromatic heterocycles. The largest absolute Gasteiger partial charge is 0.461 e. The maximum atomic E-state index is 13.8. The Bertz CT molecular complexity index is 1260. The lowest BCUT2D eigenvalue weighted by atomic mass is 9.92. The molecule has 1 N–H and O–H groups in total. The van der Waals surface area contributed by atoms with E-state index in [1.807, 2.05) is 62.4 Å². The van der Waals surface area contributed by atoms with Crippen molar-refractivity contribution in [3.63, 3.8) is 0 Å². The molecule has 0 unspecified atom stereocenters. The molecule has 0 aliphatic carbocycles. The first-order chi connectivity index (χ1) is 16.8. The second-order valence-electron chi connectivity index (χ2n) is 8.86. The van der Waals surface area contributed by atoms with Crippen molar-refractivity contribution in [3.05, 3.63) is 82.7 Å². The third-order valence-electron chi connectivity index (χ3n) is 6.31. The molecular weight excluding hydrogens is 444 g/mol. The van der Waals surface area contributed by atoms with Crippen molar-refractivity contribution in [2.75, 3.05) is 11.5 Å². The Morgan fingerprint density at radius 1 is 1.11 bits per heavy atom. The van der Waals surface area contributed by atoms with Crippen molar-refractivity contribution >= 4 is 23.5 Å². The van der Waals surface area contributed by atoms with Crippen molar-refractivity contribution in [1.82, 2.24) is 15.1 Å². The third-order valence-corrected chi connectivity index (χ3v) is 6.31. The van der Waals surface area contributed by atoms with E-state index in [9.17, 15) is 14.4 Å². The Labute approximate surface area is 204 Å². The minimum atomic E-state index is -1.28. The van der Waals surface area contributed by atoms with E-state index in [-0.39, 0.29) is 30.4 Å². The molecule has 0 saturated heterocycles. The van der Waals surface area contributed by atoms with E-state index in [0.29, 0.717) is 18.7 Å². The maximum Gasteiger partial charge on any atom is 0.358 e. The first kappa shape index (κ1) is 24.2. The number of amides is 2. The molecule has 8 nitrogen and oxygen atoms in total. The molecule has 0 bridgehead atoms. The van der Waals surface area contributed by atoms with Gasteiger partial charge in [0.15, 0.2) is 5.69 Å². The molecule has 1 aliphatic heterocycles. The average molecular weight is 475 g/mol. The van der Waals surface area contributed by atoms with E-state index in [1.54, 1.807) is 18.7 Å². The van der Waals surface area contributed by atoms with Gasteiger partial charge in [-0.25, -0.2) is 4.79 Å². The number of aryl methyl sites for hydroxylation is 2. The number of para-hydroxylation sites is 1. The van der Waals surface area contributed by atoms with Gasteiger partial charge in [0, 0.05) is 18.3 Å². The maximum absolute atomic E-state index is 13.8. The summed E-state index contributed by atoms with van der Waals surface area (Å²) in [7, 11) is 0. The molecule has 182 valence electrons. The summed E-state index contributed by atoms with van der Waals surface area (Å²) in [4.78, 5) is 41.4. The van der Waals surface area contributed by atoms with Gasteiger partial charge in [0.05, 0.1) is 13.2 Å². The highest BCUT2D eigenvalue weighted by molar-refractivity contribution is 6.12. The van der Waals surface area contributed by atoms with Crippen LogP contribution in [0.4, 0.5) is 5.69 Å². The van der Waals surface area contributed by atoms with Crippen LogP contribution in [0.15, 0.2) is 54.6 Å². The SMILES string of the molecule is CCOC(=O)c1cc2n(n1)C[C@@](C)(C(=O)NCc1ccc(C)cc1)N(c1ccccc1CC)C2=O. The van der Waals surface area contributed by atoms with Crippen molar-refractivity contribution in [1.29, 1.82) is 0 Å². The lowest BCUT2D eigenvalue weighted by Gasteiger charge is -2.43. The summed E-state index contributed by atoms with van der Waals surface area (Å²) in [6.45, 7) is 8.06. The molecule has 2 amide bonds. The summed E-state index contributed by atoms with van der Waals surface area (Å²) in [5.41, 5.74) is 2.70. The number of aromatic nitrogens is 2. The number of nitrogens with zero attached hydrogens (tertiary/aromatic N) is 3. The van der Waals surface area contributed by atoms with Crippen LogP contribution in [0.2, 0.25) is 0 Å². The van der Waals surface area contributed by atoms with Crippen LogP contribution in [0.3, 0.4) is 0 Å². The van der Waals surface area contributed by atoms with E-state index >= 15 is 0 Å². The number of hydrogen-bond acceptors (Lipinski definition) is 5. The van der Waals surface area contributed by atoms with Crippen LogP contribution in [0.5, 0.6) is 0 Å². The van der Waals surface area contributed by atoms with Crippen molar-refractivity contribution in [3.8, 4) is 0 Å². The molecular formula is C27H30N4O4. The molecule has 3 aromatic rings. The van der Waals surface area contributed by atoms with Crippen LogP contribution in [-0.4, -0.2) is 39.7 Å². The molecule has 0 radical (unpaired) electrons. The average Bonchev–Trinajstić information content (AvgIpc) is 3.28. The fourth-order valence-corrected chi connectivity index (χ4v) is 4.37. The van der Waals surface area contributed by atoms with Crippen LogP contribution < -0.4 is 10.2 Å². The number of esters is 1. The summed E-state index contributed by atoms with van der Waals surface area (Å²) in [5.74, 6) is -1.31. The molecule has 8 heteroatoms. The summed E-state index contributed by atoms with van der Waals surface area (Å²) < 4.78 is 6.50. The van der Waals surface area contributed by atoms with Gasteiger partial charge in [-0.1, -0.05) is 55.0 Å². The van der Waals surface area contributed by atoms with Crippen LogP contribution in [0, 0.1) is 6.92 Å². The molecule has 2 aromatic carbocycles. The molecule has 1 aliphatic rings. The third kappa shape index (κ3) is 4.56. The summed E-state index contributed by atoms with van der Waals surface area (Å²) in [6, 6.07) is 16.9. The van der Waals surface area contributed by atoms with Crippen molar-refractivity contribution in [2.24, 2.45) is 0 Å². The zero-order valence-electron chi connectivity index (χ0n) is 20.5. The number of rotatable bonds is 7. The van der Waals surface area contributed by atoms with Gasteiger partial charge in [-0.05, 0) is 44.4 Å². The Morgan fingerprint density at radius 3 is 2.51 bits per heavy atom. The Balaban J connectivity index is 1.74. The van der Waals surface area contributed by atoms with Gasteiger partial charge in [0.25, 0.3) is 5.91 Å². The zero-order chi connectivity index (χ0) is 25.2. The minimum Gasteiger partial charge on any atom is -0.461 e. The van der Waals surface area contributed by atoms with E-state index in [1.165, 1.54) is 10.7 Å². The summed E-state index contributed by atoms with van der Waals surface area (Å²) >= 11 is 0. The molecule has 35 heavy (non-hydrogen) atoms. The number of nitrogens with one attached hydrogen (secondary N) is 1. The first-order valence-corrected chi connectivity index (χ1v) is 11.8. The predicted octanol–water partition coefficient (Wildman–Crippen LogP) is 3.67. The van der Waals surface area contributed by atoms with Gasteiger partial charge in [-0.3, -0.25) is 19.2 Å². The van der Waals surface area contributed by atoms with E-state index < -0.39 is 17.4 Å². The minimum absolute atomic E-state index is 0.0447. The highest BCUT2D eigenvalue weighted by atomic mass is 16.5. The fraction of sp³-hybridized carbons (Fsp3) is 0.333. The van der Waals surface area contributed by atoms with Crippen LogP contribution in [0.25, 0.3) is 0 Å². The summed E-state index contributed by atoms with van der Waals surface area (Å²) in [5, 5.41) is 7.31. The van der Waals surface area contributed by atoms with Crippen LogP contribution >= 0.6 is 0 Å². The van der Waals surface area contributed by atoms with Gasteiger partial charge in [0.1, 0.15) is 11.2 Å². The monoisotopic (exact) mass is 474 g/mol. The van der Waals surface area contributed by atoms with Gasteiger partial charge < -0.3 is 10.1 Å². The number of carbonyl (C=O) groups is 3. The number of anilines is 1. The lowest BCUT2D eigenvalue weighted by Crippen LogP contribution is -2.64. The molecule has 4 rings (SSSR count). The lowest BCUT2D eigenvalue weighted by molar-refractivity contribution is -0.126. The highest BCUT2D eigenvalue weighted by Crippen LogP contribution is 2.35. The quantitative estimate of drug-likeness (QED) is 0.528. The van der Waals surface area contributed by atoms with Crippen LogP contribution in [0.1, 0.15) is 58.4 Å². The first-order valence-electron chi connectivity index (χ1n) is 11.8. The van der Waals surface area contributed by atoms with Crippen molar-refractivity contribution < 1.29 is 19.1 Å². The number of ether oxygens (including phenoxy) is 1. The van der Waals surface area contributed by atoms with Gasteiger partial charge in [0.2, 0.25) is 5.91 Å². The Hall–Kier alpha value is -3.94. The van der Waals surface area contributed by atoms with Crippen LogP contribution in [-0.2, 0) is 29.0 Å². The molecule has 2 heterocycles. The zero-order valence-corrected chi connectivity index (χ0v) is 20.5. The fourth-order valence-electron chi connectivity index (χ4n) is 4.37. The number of carbonyl (C=O) groups excluding carboxylic acids is 3. The predicted molar refractivity (Wildman–Crippen MR) is 132 cm³/mol.